The second-order valence-corrected chi connectivity index (χ2v) is 7.09. The molecule has 118 valence electrons. The molecule has 1 saturated carbocycles. The van der Waals surface area contributed by atoms with Crippen LogP contribution in [0, 0.1) is 5.92 Å². The molecular weight excluding hydrogens is 306 g/mol. The standard InChI is InChI=1S/C19H20ClN3/c1-12-5-7-13(8-6-12)18-17-16(10-21-19(17)23-11-22-18)14-3-2-4-15(20)9-14/h2-4,9-13H,5-8H2,1H3,(H,21,22,23). The molecular formula is C19H20ClN3. The summed E-state index contributed by atoms with van der Waals surface area (Å²) in [4.78, 5) is 12.4. The molecule has 0 radical (unpaired) electrons. The van der Waals surface area contributed by atoms with Crippen LogP contribution >= 0.6 is 11.6 Å². The van der Waals surface area contributed by atoms with Crippen LogP contribution in [0.2, 0.25) is 5.02 Å². The Morgan fingerprint density at radius 3 is 2.74 bits per heavy atom. The van der Waals surface area contributed by atoms with Gasteiger partial charge in [-0.25, -0.2) is 9.97 Å². The molecule has 1 fully saturated rings. The van der Waals surface area contributed by atoms with Crippen molar-refractivity contribution in [1.82, 2.24) is 15.0 Å². The maximum absolute atomic E-state index is 6.18. The van der Waals surface area contributed by atoms with Crippen molar-refractivity contribution >= 4 is 22.6 Å². The van der Waals surface area contributed by atoms with Crippen molar-refractivity contribution in [3.8, 4) is 11.1 Å². The molecule has 4 heteroatoms. The number of benzene rings is 1. The SMILES string of the molecule is CC1CCC(c2ncnc3[nH]cc(-c4cccc(Cl)c4)c23)CC1. The third-order valence-electron chi connectivity index (χ3n) is 5.04. The lowest BCUT2D eigenvalue weighted by Gasteiger charge is -2.26. The van der Waals surface area contributed by atoms with E-state index in [0.717, 1.165) is 33.1 Å². The van der Waals surface area contributed by atoms with Crippen molar-refractivity contribution in [3.63, 3.8) is 0 Å². The highest BCUT2D eigenvalue weighted by molar-refractivity contribution is 6.30. The minimum Gasteiger partial charge on any atom is -0.345 e. The summed E-state index contributed by atoms with van der Waals surface area (Å²) in [5, 5.41) is 1.91. The lowest BCUT2D eigenvalue weighted by Crippen LogP contribution is -2.12. The van der Waals surface area contributed by atoms with E-state index in [1.54, 1.807) is 6.33 Å². The molecule has 0 atom stereocenters. The third-order valence-corrected chi connectivity index (χ3v) is 5.27. The lowest BCUT2D eigenvalue weighted by molar-refractivity contribution is 0.345. The zero-order valence-electron chi connectivity index (χ0n) is 13.2. The number of halogens is 1. The maximum Gasteiger partial charge on any atom is 0.141 e. The Kier molecular flexibility index (Phi) is 3.82. The lowest BCUT2D eigenvalue weighted by atomic mass is 9.80. The highest BCUT2D eigenvalue weighted by Crippen LogP contribution is 2.40. The van der Waals surface area contributed by atoms with E-state index in [1.165, 1.54) is 31.4 Å². The van der Waals surface area contributed by atoms with Crippen molar-refractivity contribution in [2.24, 2.45) is 5.92 Å². The summed E-state index contributed by atoms with van der Waals surface area (Å²) < 4.78 is 0. The normalized spacial score (nSPS) is 21.7. The number of hydrogen-bond donors (Lipinski definition) is 1. The van der Waals surface area contributed by atoms with E-state index in [1.807, 2.05) is 24.4 Å². The Bertz CT molecular complexity index is 832. The van der Waals surface area contributed by atoms with E-state index in [9.17, 15) is 0 Å². The number of aromatic nitrogens is 3. The molecule has 1 aliphatic carbocycles. The number of fused-ring (bicyclic) bond motifs is 1. The first-order valence-electron chi connectivity index (χ1n) is 8.30. The van der Waals surface area contributed by atoms with Crippen molar-refractivity contribution < 1.29 is 0 Å². The first-order chi connectivity index (χ1) is 11.2. The molecule has 0 bridgehead atoms. The summed E-state index contributed by atoms with van der Waals surface area (Å²) in [5.74, 6) is 1.37. The molecule has 4 rings (SSSR count). The van der Waals surface area contributed by atoms with Crippen LogP contribution in [-0.2, 0) is 0 Å². The maximum atomic E-state index is 6.18. The van der Waals surface area contributed by atoms with Crippen LogP contribution in [0.25, 0.3) is 22.2 Å². The second kappa shape index (κ2) is 5.97. The van der Waals surface area contributed by atoms with Crippen LogP contribution < -0.4 is 0 Å². The van der Waals surface area contributed by atoms with E-state index in [-0.39, 0.29) is 0 Å². The molecule has 1 aliphatic rings. The van der Waals surface area contributed by atoms with Gasteiger partial charge in [0.05, 0.1) is 5.69 Å². The van der Waals surface area contributed by atoms with Crippen LogP contribution in [-0.4, -0.2) is 15.0 Å². The topological polar surface area (TPSA) is 41.6 Å². The van der Waals surface area contributed by atoms with Crippen LogP contribution in [0.3, 0.4) is 0 Å². The summed E-state index contributed by atoms with van der Waals surface area (Å²) in [6.45, 7) is 2.35. The van der Waals surface area contributed by atoms with Gasteiger partial charge in [-0.15, -0.1) is 0 Å². The third kappa shape index (κ3) is 2.74. The minimum atomic E-state index is 0.533. The number of nitrogens with zero attached hydrogens (tertiary/aromatic N) is 2. The van der Waals surface area contributed by atoms with Gasteiger partial charge >= 0.3 is 0 Å². The second-order valence-electron chi connectivity index (χ2n) is 6.65. The Balaban J connectivity index is 1.84. The zero-order chi connectivity index (χ0) is 15.8. The number of hydrogen-bond acceptors (Lipinski definition) is 2. The molecule has 0 spiro atoms. The van der Waals surface area contributed by atoms with Gasteiger partial charge in [0.15, 0.2) is 0 Å². The fourth-order valence-corrected chi connectivity index (χ4v) is 3.90. The van der Waals surface area contributed by atoms with E-state index < -0.39 is 0 Å². The number of rotatable bonds is 2. The molecule has 23 heavy (non-hydrogen) atoms. The van der Waals surface area contributed by atoms with Crippen LogP contribution in [0.4, 0.5) is 0 Å². The monoisotopic (exact) mass is 325 g/mol. The Labute approximate surface area is 141 Å². The van der Waals surface area contributed by atoms with Crippen molar-refractivity contribution in [2.75, 3.05) is 0 Å². The summed E-state index contributed by atoms with van der Waals surface area (Å²) in [7, 11) is 0. The van der Waals surface area contributed by atoms with Crippen molar-refractivity contribution in [3.05, 3.63) is 47.5 Å². The average Bonchev–Trinajstić information content (AvgIpc) is 3.00. The highest BCUT2D eigenvalue weighted by Gasteiger charge is 2.24. The first-order valence-corrected chi connectivity index (χ1v) is 8.68. The molecule has 2 aromatic heterocycles. The number of nitrogens with one attached hydrogen (secondary N) is 1. The van der Waals surface area contributed by atoms with Gasteiger partial charge < -0.3 is 4.98 Å². The Hall–Kier alpha value is -1.87. The smallest absolute Gasteiger partial charge is 0.141 e. The number of H-pyrrole nitrogens is 1. The van der Waals surface area contributed by atoms with E-state index >= 15 is 0 Å². The fraction of sp³-hybridized carbons (Fsp3) is 0.368. The van der Waals surface area contributed by atoms with E-state index in [0.29, 0.717) is 5.92 Å². The molecule has 3 nitrogen and oxygen atoms in total. The fourth-order valence-electron chi connectivity index (χ4n) is 3.71. The zero-order valence-corrected chi connectivity index (χ0v) is 14.0. The van der Waals surface area contributed by atoms with E-state index in [4.69, 9.17) is 11.6 Å². The van der Waals surface area contributed by atoms with Gasteiger partial charge in [0.2, 0.25) is 0 Å². The van der Waals surface area contributed by atoms with Crippen LogP contribution in [0.5, 0.6) is 0 Å². The molecule has 0 saturated heterocycles. The Morgan fingerprint density at radius 2 is 1.96 bits per heavy atom. The van der Waals surface area contributed by atoms with Gasteiger partial charge in [-0.2, -0.15) is 0 Å². The predicted octanol–water partition coefficient (Wildman–Crippen LogP) is 5.57. The largest absolute Gasteiger partial charge is 0.345 e. The van der Waals surface area contributed by atoms with Gasteiger partial charge in [0.25, 0.3) is 0 Å². The molecule has 0 unspecified atom stereocenters. The quantitative estimate of drug-likeness (QED) is 0.669. The summed E-state index contributed by atoms with van der Waals surface area (Å²) in [5.41, 5.74) is 4.38. The molecule has 3 aromatic rings. The van der Waals surface area contributed by atoms with Gasteiger partial charge in [0, 0.05) is 28.1 Å². The molecule has 1 N–H and O–H groups in total. The predicted molar refractivity (Wildman–Crippen MR) is 94.7 cm³/mol. The number of aromatic amines is 1. The van der Waals surface area contributed by atoms with Crippen LogP contribution in [0.1, 0.15) is 44.2 Å². The van der Waals surface area contributed by atoms with Gasteiger partial charge in [-0.1, -0.05) is 43.5 Å². The Morgan fingerprint density at radius 1 is 1.13 bits per heavy atom. The van der Waals surface area contributed by atoms with Gasteiger partial charge in [-0.05, 0) is 36.5 Å². The average molecular weight is 326 g/mol. The van der Waals surface area contributed by atoms with Gasteiger partial charge in [-0.3, -0.25) is 0 Å². The summed E-state index contributed by atoms with van der Waals surface area (Å²) in [6.07, 6.45) is 8.72. The molecule has 0 aliphatic heterocycles. The minimum absolute atomic E-state index is 0.533. The molecule has 2 heterocycles. The van der Waals surface area contributed by atoms with Crippen molar-refractivity contribution in [2.45, 2.75) is 38.5 Å². The van der Waals surface area contributed by atoms with E-state index in [2.05, 4.69) is 27.9 Å². The summed E-state index contributed by atoms with van der Waals surface area (Å²) >= 11 is 6.18. The molecule has 0 amide bonds. The first kappa shape index (κ1) is 14.7. The summed E-state index contributed by atoms with van der Waals surface area (Å²) in [6, 6.07) is 7.99. The highest BCUT2D eigenvalue weighted by atomic mass is 35.5. The van der Waals surface area contributed by atoms with Crippen molar-refractivity contribution in [1.29, 1.82) is 0 Å². The van der Waals surface area contributed by atoms with Gasteiger partial charge in [0.1, 0.15) is 12.0 Å². The van der Waals surface area contributed by atoms with Crippen LogP contribution in [0.15, 0.2) is 36.8 Å². The molecule has 1 aromatic carbocycles.